The quantitative estimate of drug-likeness (QED) is 0.258. The molecule has 164 valence electrons. The Balaban J connectivity index is 1.50. The van der Waals surface area contributed by atoms with Crippen molar-refractivity contribution >= 4 is 32.6 Å². The zero-order chi connectivity index (χ0) is 22.8. The van der Waals surface area contributed by atoms with Crippen LogP contribution in [0.1, 0.15) is 27.2 Å². The number of benzene rings is 3. The Morgan fingerprint density at radius 2 is 1.79 bits per heavy atom. The number of rotatable bonds is 6. The van der Waals surface area contributed by atoms with Crippen LogP contribution < -0.4 is 11.2 Å². The molecule has 5 aromatic rings. The molecule has 5 rings (SSSR count). The number of hydroxylamine groups is 1. The summed E-state index contributed by atoms with van der Waals surface area (Å²) < 4.78 is 3.02. The molecule has 0 radical (unpaired) electrons. The molecule has 2 heterocycles. The maximum atomic E-state index is 11.6. The van der Waals surface area contributed by atoms with Crippen LogP contribution >= 0.6 is 11.3 Å². The van der Waals surface area contributed by atoms with Crippen LogP contribution in [0.25, 0.3) is 21.5 Å². The van der Waals surface area contributed by atoms with E-state index in [0.717, 1.165) is 39.2 Å². The zero-order valence-corrected chi connectivity index (χ0v) is 18.4. The summed E-state index contributed by atoms with van der Waals surface area (Å²) in [4.78, 5) is 15.9. The largest absolute Gasteiger partial charge is 0.375 e. The van der Waals surface area contributed by atoms with E-state index in [1.54, 1.807) is 17.6 Å². The van der Waals surface area contributed by atoms with Gasteiger partial charge in [0.05, 0.1) is 22.5 Å². The molecule has 0 bridgehead atoms. The van der Waals surface area contributed by atoms with Gasteiger partial charge >= 0.3 is 0 Å². The molecule has 0 saturated carbocycles. The van der Waals surface area contributed by atoms with Crippen molar-refractivity contribution in [2.24, 2.45) is 0 Å². The fraction of sp³-hybridized carbons (Fsp3) is 0.0800. The van der Waals surface area contributed by atoms with Gasteiger partial charge in [0, 0.05) is 23.2 Å². The van der Waals surface area contributed by atoms with Gasteiger partial charge in [-0.3, -0.25) is 14.7 Å². The van der Waals surface area contributed by atoms with Gasteiger partial charge in [-0.15, -0.1) is 0 Å². The number of anilines is 1. The molecule has 33 heavy (non-hydrogen) atoms. The van der Waals surface area contributed by atoms with Gasteiger partial charge in [0.25, 0.3) is 5.91 Å². The highest BCUT2D eigenvalue weighted by molar-refractivity contribution is 7.22. The SMILES string of the molecule is Nc1nc2ccc(-c3cc(Cc4ccccc4)n(Cc4ccc(C(=O)NO)cc4)n3)cc2s1. The molecule has 0 spiro atoms. The third-order valence-corrected chi connectivity index (χ3v) is 6.29. The molecule has 0 saturated heterocycles. The summed E-state index contributed by atoms with van der Waals surface area (Å²) in [6.07, 6.45) is 0.745. The molecule has 8 heteroatoms. The Labute approximate surface area is 194 Å². The number of nitrogens with zero attached hydrogens (tertiary/aromatic N) is 3. The Morgan fingerprint density at radius 3 is 2.55 bits per heavy atom. The van der Waals surface area contributed by atoms with Crippen molar-refractivity contribution in [1.82, 2.24) is 20.2 Å². The van der Waals surface area contributed by atoms with E-state index in [0.29, 0.717) is 17.2 Å². The van der Waals surface area contributed by atoms with Gasteiger partial charge in [-0.1, -0.05) is 59.9 Å². The highest BCUT2D eigenvalue weighted by Crippen LogP contribution is 2.29. The maximum absolute atomic E-state index is 11.6. The number of nitrogen functional groups attached to an aromatic ring is 1. The van der Waals surface area contributed by atoms with Crippen molar-refractivity contribution in [1.29, 1.82) is 0 Å². The molecule has 0 aliphatic heterocycles. The molecular formula is C25H21N5O2S. The highest BCUT2D eigenvalue weighted by Gasteiger charge is 2.13. The van der Waals surface area contributed by atoms with Crippen LogP contribution in [0.4, 0.5) is 5.13 Å². The third kappa shape index (κ3) is 4.48. The van der Waals surface area contributed by atoms with E-state index >= 15 is 0 Å². The summed E-state index contributed by atoms with van der Waals surface area (Å²) in [5, 5.41) is 14.3. The van der Waals surface area contributed by atoms with Crippen LogP contribution in [0.2, 0.25) is 0 Å². The standard InChI is InChI=1S/C25H21N5O2S/c26-25-27-21-11-10-19(13-23(21)33-25)22-14-20(12-16-4-2-1-3-5-16)30(28-22)15-17-6-8-18(9-7-17)24(31)29-32/h1-11,13-14,32H,12,15H2,(H2,26,27)(H,29,31). The molecule has 0 atom stereocenters. The molecule has 0 aliphatic carbocycles. The summed E-state index contributed by atoms with van der Waals surface area (Å²) in [5.74, 6) is -0.535. The van der Waals surface area contributed by atoms with Crippen LogP contribution in [0.5, 0.6) is 0 Å². The molecule has 2 aromatic heterocycles. The first kappa shape index (κ1) is 20.9. The van der Waals surface area contributed by atoms with Crippen LogP contribution in [0, 0.1) is 0 Å². The number of aromatic nitrogens is 3. The third-order valence-electron chi connectivity index (χ3n) is 5.44. The minimum absolute atomic E-state index is 0.393. The molecule has 0 fully saturated rings. The fourth-order valence-electron chi connectivity index (χ4n) is 3.78. The van der Waals surface area contributed by atoms with E-state index in [9.17, 15) is 4.79 Å². The number of thiazole rings is 1. The van der Waals surface area contributed by atoms with Gasteiger partial charge in [-0.2, -0.15) is 5.10 Å². The van der Waals surface area contributed by atoms with E-state index in [-0.39, 0.29) is 0 Å². The van der Waals surface area contributed by atoms with Crippen molar-refractivity contribution in [2.75, 3.05) is 5.73 Å². The first-order chi connectivity index (χ1) is 16.1. The predicted octanol–water partition coefficient (Wildman–Crippen LogP) is 4.50. The Bertz CT molecular complexity index is 1420. The number of hydrogen-bond donors (Lipinski definition) is 3. The average molecular weight is 456 g/mol. The lowest BCUT2D eigenvalue weighted by atomic mass is 10.1. The number of fused-ring (bicyclic) bond motifs is 1. The second-order valence-corrected chi connectivity index (χ2v) is 8.78. The van der Waals surface area contributed by atoms with E-state index < -0.39 is 5.91 Å². The van der Waals surface area contributed by atoms with E-state index in [4.69, 9.17) is 16.0 Å². The summed E-state index contributed by atoms with van der Waals surface area (Å²) in [6.45, 7) is 0.555. The number of carbonyl (C=O) groups is 1. The lowest BCUT2D eigenvalue weighted by molar-refractivity contribution is 0.0706. The van der Waals surface area contributed by atoms with Crippen LogP contribution in [-0.4, -0.2) is 25.9 Å². The lowest BCUT2D eigenvalue weighted by Crippen LogP contribution is -2.18. The number of carbonyl (C=O) groups excluding carboxylic acids is 1. The first-order valence-corrected chi connectivity index (χ1v) is 11.2. The van der Waals surface area contributed by atoms with Crippen molar-refractivity contribution < 1.29 is 10.0 Å². The smallest absolute Gasteiger partial charge is 0.274 e. The summed E-state index contributed by atoms with van der Waals surface area (Å²) in [6, 6.07) is 25.6. The first-order valence-electron chi connectivity index (χ1n) is 10.4. The normalized spacial score (nSPS) is 11.1. The van der Waals surface area contributed by atoms with Gasteiger partial charge in [0.15, 0.2) is 5.13 Å². The summed E-state index contributed by atoms with van der Waals surface area (Å²) in [5.41, 5.74) is 14.0. The van der Waals surface area contributed by atoms with Crippen molar-refractivity contribution in [3.05, 3.63) is 101 Å². The van der Waals surface area contributed by atoms with Gasteiger partial charge < -0.3 is 5.73 Å². The molecule has 3 aromatic carbocycles. The minimum Gasteiger partial charge on any atom is -0.375 e. The highest BCUT2D eigenvalue weighted by atomic mass is 32.1. The number of amides is 1. The summed E-state index contributed by atoms with van der Waals surface area (Å²) >= 11 is 1.46. The zero-order valence-electron chi connectivity index (χ0n) is 17.6. The monoisotopic (exact) mass is 455 g/mol. The second kappa shape index (κ2) is 8.85. The van der Waals surface area contributed by atoms with Gasteiger partial charge in [-0.05, 0) is 41.5 Å². The van der Waals surface area contributed by atoms with Crippen molar-refractivity contribution in [3.63, 3.8) is 0 Å². The molecule has 0 unspecified atom stereocenters. The van der Waals surface area contributed by atoms with Crippen molar-refractivity contribution in [2.45, 2.75) is 13.0 Å². The van der Waals surface area contributed by atoms with Crippen LogP contribution in [-0.2, 0) is 13.0 Å². The van der Waals surface area contributed by atoms with Crippen LogP contribution in [0.15, 0.2) is 78.9 Å². The predicted molar refractivity (Wildman–Crippen MR) is 129 cm³/mol. The van der Waals surface area contributed by atoms with Gasteiger partial charge in [0.2, 0.25) is 0 Å². The molecule has 1 amide bonds. The van der Waals surface area contributed by atoms with Gasteiger partial charge in [-0.25, -0.2) is 10.5 Å². The van der Waals surface area contributed by atoms with Crippen molar-refractivity contribution in [3.8, 4) is 11.3 Å². The number of nitrogens with one attached hydrogen (secondary N) is 1. The lowest BCUT2D eigenvalue weighted by Gasteiger charge is -2.08. The fourth-order valence-corrected chi connectivity index (χ4v) is 4.55. The molecule has 4 N–H and O–H groups in total. The second-order valence-electron chi connectivity index (χ2n) is 7.71. The van der Waals surface area contributed by atoms with E-state index in [1.807, 2.05) is 47.1 Å². The van der Waals surface area contributed by atoms with E-state index in [2.05, 4.69) is 29.2 Å². The minimum atomic E-state index is -0.535. The topological polar surface area (TPSA) is 106 Å². The number of hydrogen-bond acceptors (Lipinski definition) is 6. The summed E-state index contributed by atoms with van der Waals surface area (Å²) in [7, 11) is 0. The molecule has 7 nitrogen and oxygen atoms in total. The Hall–Kier alpha value is -4.01. The number of nitrogens with two attached hydrogens (primary N) is 1. The molecule has 0 aliphatic rings. The maximum Gasteiger partial charge on any atom is 0.274 e. The molecular weight excluding hydrogens is 434 g/mol. The Kier molecular flexibility index (Phi) is 5.60. The average Bonchev–Trinajstić information content (AvgIpc) is 3.41. The van der Waals surface area contributed by atoms with E-state index in [1.165, 1.54) is 16.9 Å². The van der Waals surface area contributed by atoms with Crippen LogP contribution in [0.3, 0.4) is 0 Å². The Morgan fingerprint density at radius 1 is 1.00 bits per heavy atom. The van der Waals surface area contributed by atoms with Gasteiger partial charge in [0.1, 0.15) is 0 Å².